The summed E-state index contributed by atoms with van der Waals surface area (Å²) in [5.41, 5.74) is 8.51. The normalized spacial score (nSPS) is 26.8. The molecule has 0 spiro atoms. The van der Waals surface area contributed by atoms with Crippen molar-refractivity contribution in [2.24, 2.45) is 12.8 Å². The SMILES string of the molecule is Cn1ncc2c1CN([C@H]1COC(c3cc(F)c(F)cc3F)[C@@H](N)C1)C2. The van der Waals surface area contributed by atoms with Gasteiger partial charge in [-0.2, -0.15) is 5.10 Å². The summed E-state index contributed by atoms with van der Waals surface area (Å²) >= 11 is 0. The van der Waals surface area contributed by atoms with Crippen LogP contribution in [0.1, 0.15) is 29.3 Å². The summed E-state index contributed by atoms with van der Waals surface area (Å²) in [6, 6.07) is 0.969. The molecule has 1 fully saturated rings. The Bertz CT molecular complexity index is 809. The maximum atomic E-state index is 14.0. The van der Waals surface area contributed by atoms with Crippen molar-refractivity contribution in [2.75, 3.05) is 6.61 Å². The van der Waals surface area contributed by atoms with Crippen LogP contribution < -0.4 is 5.73 Å². The zero-order valence-corrected chi connectivity index (χ0v) is 13.8. The first-order valence-electron chi connectivity index (χ1n) is 8.19. The second-order valence-corrected chi connectivity index (χ2v) is 6.74. The van der Waals surface area contributed by atoms with E-state index in [9.17, 15) is 13.2 Å². The highest BCUT2D eigenvalue weighted by atomic mass is 19.2. The Labute approximate surface area is 143 Å². The summed E-state index contributed by atoms with van der Waals surface area (Å²) < 4.78 is 48.2. The summed E-state index contributed by atoms with van der Waals surface area (Å²) in [6.45, 7) is 1.89. The van der Waals surface area contributed by atoms with E-state index < -0.39 is 29.6 Å². The largest absolute Gasteiger partial charge is 0.370 e. The third-order valence-electron chi connectivity index (χ3n) is 5.14. The van der Waals surface area contributed by atoms with Gasteiger partial charge in [0.15, 0.2) is 11.6 Å². The summed E-state index contributed by atoms with van der Waals surface area (Å²) in [7, 11) is 1.91. The van der Waals surface area contributed by atoms with E-state index in [1.54, 1.807) is 0 Å². The van der Waals surface area contributed by atoms with Gasteiger partial charge in [0, 0.05) is 49.4 Å². The molecule has 0 saturated carbocycles. The topological polar surface area (TPSA) is 56.3 Å². The Morgan fingerprint density at radius 1 is 1.16 bits per heavy atom. The van der Waals surface area contributed by atoms with Crippen LogP contribution in [-0.2, 0) is 24.9 Å². The molecule has 0 radical (unpaired) electrons. The zero-order valence-electron chi connectivity index (χ0n) is 13.8. The molecule has 0 amide bonds. The minimum Gasteiger partial charge on any atom is -0.370 e. The predicted molar refractivity (Wildman–Crippen MR) is 83.8 cm³/mol. The molecule has 0 bridgehead atoms. The third-order valence-corrected chi connectivity index (χ3v) is 5.14. The van der Waals surface area contributed by atoms with Gasteiger partial charge in [0.2, 0.25) is 0 Å². The van der Waals surface area contributed by atoms with Crippen molar-refractivity contribution in [2.45, 2.75) is 37.7 Å². The number of aromatic nitrogens is 2. The molecule has 2 aliphatic rings. The number of aryl methyl sites for hydroxylation is 1. The molecule has 1 unspecified atom stereocenters. The van der Waals surface area contributed by atoms with Gasteiger partial charge in [-0.15, -0.1) is 0 Å². The van der Waals surface area contributed by atoms with E-state index in [1.807, 2.05) is 17.9 Å². The lowest BCUT2D eigenvalue weighted by Gasteiger charge is -2.38. The first kappa shape index (κ1) is 16.6. The van der Waals surface area contributed by atoms with E-state index in [0.717, 1.165) is 19.2 Å². The lowest BCUT2D eigenvalue weighted by molar-refractivity contribution is -0.0534. The lowest BCUT2D eigenvalue weighted by atomic mass is 9.93. The highest BCUT2D eigenvalue weighted by Crippen LogP contribution is 2.34. The van der Waals surface area contributed by atoms with Crippen LogP contribution in [0.5, 0.6) is 0 Å². The highest BCUT2D eigenvalue weighted by Gasteiger charge is 2.37. The number of halogens is 3. The number of hydrogen-bond donors (Lipinski definition) is 1. The van der Waals surface area contributed by atoms with Crippen LogP contribution in [0.3, 0.4) is 0 Å². The third kappa shape index (κ3) is 2.84. The predicted octanol–water partition coefficient (Wildman–Crippen LogP) is 2.01. The average Bonchev–Trinajstić information content (AvgIpc) is 3.14. The Morgan fingerprint density at radius 3 is 2.64 bits per heavy atom. The second kappa shape index (κ2) is 6.12. The van der Waals surface area contributed by atoms with Crippen LogP contribution in [-0.4, -0.2) is 33.4 Å². The van der Waals surface area contributed by atoms with Crippen LogP contribution in [0.4, 0.5) is 13.2 Å². The first-order chi connectivity index (χ1) is 11.9. The molecule has 25 heavy (non-hydrogen) atoms. The average molecular weight is 352 g/mol. The number of nitrogens with zero attached hydrogens (tertiary/aromatic N) is 3. The molecule has 3 atom stereocenters. The standard InChI is InChI=1S/C17H19F3N4O/c1-23-16-7-24(6-9(16)5-22-23)10-2-15(21)17(25-8-10)11-3-13(19)14(20)4-12(11)18/h3-5,10,15,17H,2,6-8,21H2,1H3/t10-,15+,17?/m1/s1. The molecular weight excluding hydrogens is 333 g/mol. The van der Waals surface area contributed by atoms with Gasteiger partial charge in [0.1, 0.15) is 11.9 Å². The van der Waals surface area contributed by atoms with Crippen molar-refractivity contribution in [3.8, 4) is 0 Å². The Morgan fingerprint density at radius 2 is 1.92 bits per heavy atom. The van der Waals surface area contributed by atoms with Gasteiger partial charge in [-0.1, -0.05) is 0 Å². The fourth-order valence-corrected chi connectivity index (χ4v) is 3.74. The number of hydrogen-bond acceptors (Lipinski definition) is 4. The number of fused-ring (bicyclic) bond motifs is 1. The quantitative estimate of drug-likeness (QED) is 0.840. The van der Waals surface area contributed by atoms with E-state index in [0.29, 0.717) is 19.1 Å². The maximum Gasteiger partial charge on any atom is 0.161 e. The molecule has 8 heteroatoms. The highest BCUT2D eigenvalue weighted by molar-refractivity contribution is 5.25. The van der Waals surface area contributed by atoms with Gasteiger partial charge in [0.25, 0.3) is 0 Å². The van der Waals surface area contributed by atoms with Crippen molar-refractivity contribution < 1.29 is 17.9 Å². The van der Waals surface area contributed by atoms with E-state index in [2.05, 4.69) is 10.00 Å². The van der Waals surface area contributed by atoms with Gasteiger partial charge in [-0.25, -0.2) is 13.2 Å². The zero-order chi connectivity index (χ0) is 17.7. The van der Waals surface area contributed by atoms with Crippen molar-refractivity contribution >= 4 is 0 Å². The lowest BCUT2D eigenvalue weighted by Crippen LogP contribution is -2.47. The fourth-order valence-electron chi connectivity index (χ4n) is 3.74. The number of ether oxygens (including phenoxy) is 1. The van der Waals surface area contributed by atoms with Gasteiger partial charge in [-0.05, 0) is 12.5 Å². The Kier molecular flexibility index (Phi) is 4.05. The van der Waals surface area contributed by atoms with Crippen LogP contribution >= 0.6 is 0 Å². The second-order valence-electron chi connectivity index (χ2n) is 6.74. The number of nitrogens with two attached hydrogens (primary N) is 1. The summed E-state index contributed by atoms with van der Waals surface area (Å²) in [4.78, 5) is 2.25. The van der Waals surface area contributed by atoms with Gasteiger partial charge >= 0.3 is 0 Å². The molecule has 1 saturated heterocycles. The molecule has 2 N–H and O–H groups in total. The van der Waals surface area contributed by atoms with Gasteiger partial charge < -0.3 is 10.5 Å². The van der Waals surface area contributed by atoms with Crippen molar-refractivity contribution in [1.29, 1.82) is 0 Å². The van der Waals surface area contributed by atoms with Gasteiger partial charge in [0.05, 0.1) is 18.5 Å². The number of rotatable bonds is 2. The van der Waals surface area contributed by atoms with Crippen LogP contribution in [0.15, 0.2) is 18.3 Å². The van der Waals surface area contributed by atoms with Crippen molar-refractivity contribution in [1.82, 2.24) is 14.7 Å². The number of benzene rings is 1. The van der Waals surface area contributed by atoms with Crippen molar-refractivity contribution in [3.63, 3.8) is 0 Å². The van der Waals surface area contributed by atoms with E-state index >= 15 is 0 Å². The van der Waals surface area contributed by atoms with Crippen LogP contribution in [0, 0.1) is 17.5 Å². The van der Waals surface area contributed by atoms with E-state index in [4.69, 9.17) is 10.5 Å². The van der Waals surface area contributed by atoms with E-state index in [1.165, 1.54) is 11.3 Å². The molecule has 0 aliphatic carbocycles. The molecule has 5 nitrogen and oxygen atoms in total. The minimum atomic E-state index is -1.22. The van der Waals surface area contributed by atoms with Crippen molar-refractivity contribution in [3.05, 3.63) is 52.6 Å². The fraction of sp³-hybridized carbons (Fsp3) is 0.471. The molecule has 1 aromatic carbocycles. The molecule has 4 rings (SSSR count). The Balaban J connectivity index is 1.47. The summed E-state index contributed by atoms with van der Waals surface area (Å²) in [5.74, 6) is -3.15. The van der Waals surface area contributed by atoms with E-state index in [-0.39, 0.29) is 11.6 Å². The smallest absolute Gasteiger partial charge is 0.161 e. The Hall–Kier alpha value is -1.90. The monoisotopic (exact) mass is 352 g/mol. The minimum absolute atomic E-state index is 0.0289. The molecule has 1 aromatic heterocycles. The summed E-state index contributed by atoms with van der Waals surface area (Å²) in [5, 5.41) is 4.24. The van der Waals surface area contributed by atoms with Gasteiger partial charge in [-0.3, -0.25) is 9.58 Å². The molecule has 134 valence electrons. The van der Waals surface area contributed by atoms with Crippen LogP contribution in [0.2, 0.25) is 0 Å². The molecule has 2 aromatic rings. The molecule has 2 aliphatic heterocycles. The molecular formula is C17H19F3N4O. The summed E-state index contributed by atoms with van der Waals surface area (Å²) in [6.07, 6.45) is 1.67. The van der Waals surface area contributed by atoms with Crippen LogP contribution in [0.25, 0.3) is 0 Å². The first-order valence-corrected chi connectivity index (χ1v) is 8.19. The maximum absolute atomic E-state index is 14.0. The molecule has 3 heterocycles.